The summed E-state index contributed by atoms with van der Waals surface area (Å²) in [6.07, 6.45) is 1.66. The average Bonchev–Trinajstić information content (AvgIpc) is 2.95. The number of hydrogen-bond donors (Lipinski definition) is 2. The first-order valence-corrected chi connectivity index (χ1v) is 8.99. The second kappa shape index (κ2) is 8.14. The first-order chi connectivity index (χ1) is 13.0. The third-order valence-electron chi connectivity index (χ3n) is 4.34. The molecule has 2 aromatic carbocycles. The van der Waals surface area contributed by atoms with E-state index >= 15 is 0 Å². The van der Waals surface area contributed by atoms with E-state index in [4.69, 9.17) is 0 Å². The molecule has 1 unspecified atom stereocenters. The number of aliphatic imine (C=N–C) groups is 1. The highest BCUT2D eigenvalue weighted by Crippen LogP contribution is 2.32. The van der Waals surface area contributed by atoms with Gasteiger partial charge in [-0.1, -0.05) is 18.2 Å². The number of fused-ring (bicyclic) bond motifs is 1. The van der Waals surface area contributed by atoms with Crippen molar-refractivity contribution in [3.8, 4) is 0 Å². The summed E-state index contributed by atoms with van der Waals surface area (Å²) in [6, 6.07) is 13.2. The smallest absolute Gasteiger partial charge is 0.251 e. The quantitative estimate of drug-likeness (QED) is 0.774. The Bertz CT molecular complexity index is 872. The predicted octanol–water partition coefficient (Wildman–Crippen LogP) is 2.94. The largest absolute Gasteiger partial charge is 0.352 e. The van der Waals surface area contributed by atoms with Crippen LogP contribution in [0.15, 0.2) is 47.5 Å². The Labute approximate surface area is 159 Å². The van der Waals surface area contributed by atoms with E-state index in [2.05, 4.69) is 20.5 Å². The molecule has 2 aromatic rings. The second-order valence-corrected chi connectivity index (χ2v) is 6.81. The Morgan fingerprint density at radius 2 is 1.96 bits per heavy atom. The lowest BCUT2D eigenvalue weighted by Gasteiger charge is -2.09. The molecule has 0 aliphatic carbocycles. The van der Waals surface area contributed by atoms with Gasteiger partial charge in [-0.15, -0.1) is 0 Å². The molecule has 27 heavy (non-hydrogen) atoms. The minimum absolute atomic E-state index is 0.133. The zero-order valence-corrected chi connectivity index (χ0v) is 15.8. The van der Waals surface area contributed by atoms with Gasteiger partial charge in [0.25, 0.3) is 5.91 Å². The molecular formula is C21H24N4O2. The normalized spacial score (nSPS) is 15.9. The highest BCUT2D eigenvalue weighted by atomic mass is 16.2. The van der Waals surface area contributed by atoms with Crippen molar-refractivity contribution in [1.82, 2.24) is 10.2 Å². The first kappa shape index (κ1) is 18.8. The highest BCUT2D eigenvalue weighted by Gasteiger charge is 2.29. The molecule has 6 nitrogen and oxygen atoms in total. The van der Waals surface area contributed by atoms with Crippen LogP contribution in [0, 0.1) is 0 Å². The summed E-state index contributed by atoms with van der Waals surface area (Å²) in [5, 5.41) is 5.59. The number of nitrogens with zero attached hydrogens (tertiary/aromatic N) is 2. The van der Waals surface area contributed by atoms with Gasteiger partial charge >= 0.3 is 0 Å². The molecule has 0 radical (unpaired) electrons. The fourth-order valence-corrected chi connectivity index (χ4v) is 3.05. The molecule has 0 saturated heterocycles. The van der Waals surface area contributed by atoms with E-state index in [1.54, 1.807) is 18.3 Å². The topological polar surface area (TPSA) is 73.8 Å². The fourth-order valence-electron chi connectivity index (χ4n) is 3.05. The predicted molar refractivity (Wildman–Crippen MR) is 108 cm³/mol. The zero-order chi connectivity index (χ0) is 19.4. The van der Waals surface area contributed by atoms with Crippen LogP contribution in [0.3, 0.4) is 0 Å². The fraction of sp³-hybridized carbons (Fsp3) is 0.286. The van der Waals surface area contributed by atoms with Crippen molar-refractivity contribution < 1.29 is 9.59 Å². The summed E-state index contributed by atoms with van der Waals surface area (Å²) < 4.78 is 0. The number of amides is 2. The Hall–Kier alpha value is -2.99. The minimum Gasteiger partial charge on any atom is -0.352 e. The van der Waals surface area contributed by atoms with Gasteiger partial charge in [-0.25, -0.2) is 0 Å². The van der Waals surface area contributed by atoms with Gasteiger partial charge in [-0.2, -0.15) is 0 Å². The average molecular weight is 364 g/mol. The molecule has 140 valence electrons. The van der Waals surface area contributed by atoms with Crippen LogP contribution < -0.4 is 10.6 Å². The van der Waals surface area contributed by atoms with Crippen molar-refractivity contribution in [3.63, 3.8) is 0 Å². The molecule has 2 N–H and O–H groups in total. The van der Waals surface area contributed by atoms with Gasteiger partial charge in [-0.05, 0) is 56.4 Å². The van der Waals surface area contributed by atoms with E-state index in [0.717, 1.165) is 17.8 Å². The van der Waals surface area contributed by atoms with Crippen LogP contribution in [0.1, 0.15) is 34.3 Å². The van der Waals surface area contributed by atoms with E-state index in [1.807, 2.05) is 51.4 Å². The lowest BCUT2D eigenvalue weighted by Crippen LogP contribution is -2.22. The lowest BCUT2D eigenvalue weighted by atomic mass is 10.00. The van der Waals surface area contributed by atoms with E-state index in [-0.39, 0.29) is 11.8 Å². The standard InChI is InChI=1S/C21H24N4O2/c1-4-22-20(26)15-7-10-17-18(21(27)24-19(17)11-15)12-23-16-8-5-14(6-9-16)13-25(2)3/h5-12,18H,4,13H2,1-3H3,(H,22,26)(H,24,27). The Morgan fingerprint density at radius 1 is 1.22 bits per heavy atom. The van der Waals surface area contributed by atoms with E-state index < -0.39 is 5.92 Å². The maximum absolute atomic E-state index is 12.3. The molecule has 1 heterocycles. The molecule has 0 bridgehead atoms. The van der Waals surface area contributed by atoms with Crippen LogP contribution in [-0.4, -0.2) is 43.6 Å². The Kier molecular flexibility index (Phi) is 5.66. The molecule has 0 saturated carbocycles. The lowest BCUT2D eigenvalue weighted by molar-refractivity contribution is -0.115. The Balaban J connectivity index is 1.76. The van der Waals surface area contributed by atoms with Crippen molar-refractivity contribution in [2.75, 3.05) is 26.0 Å². The molecule has 0 spiro atoms. The van der Waals surface area contributed by atoms with Crippen LogP contribution in [0.5, 0.6) is 0 Å². The van der Waals surface area contributed by atoms with Crippen LogP contribution in [0.4, 0.5) is 11.4 Å². The molecule has 1 atom stereocenters. The number of hydrogen-bond acceptors (Lipinski definition) is 4. The molecule has 2 amide bonds. The molecule has 0 fully saturated rings. The maximum atomic E-state index is 12.3. The Morgan fingerprint density at radius 3 is 2.63 bits per heavy atom. The third kappa shape index (κ3) is 4.41. The van der Waals surface area contributed by atoms with Crippen molar-refractivity contribution in [1.29, 1.82) is 0 Å². The van der Waals surface area contributed by atoms with E-state index in [1.165, 1.54) is 5.56 Å². The summed E-state index contributed by atoms with van der Waals surface area (Å²) in [5.74, 6) is -0.736. The van der Waals surface area contributed by atoms with E-state index in [9.17, 15) is 9.59 Å². The SMILES string of the molecule is CCNC(=O)c1ccc2c(c1)NC(=O)C2C=Nc1ccc(CN(C)C)cc1. The summed E-state index contributed by atoms with van der Waals surface area (Å²) in [5.41, 5.74) is 4.05. The number of nitrogens with one attached hydrogen (secondary N) is 2. The number of anilines is 1. The molecular weight excluding hydrogens is 340 g/mol. The van der Waals surface area contributed by atoms with Gasteiger partial charge < -0.3 is 15.5 Å². The van der Waals surface area contributed by atoms with Crippen molar-refractivity contribution >= 4 is 29.4 Å². The number of benzene rings is 2. The van der Waals surface area contributed by atoms with Crippen molar-refractivity contribution in [2.45, 2.75) is 19.4 Å². The molecule has 0 aromatic heterocycles. The van der Waals surface area contributed by atoms with Crippen LogP contribution in [-0.2, 0) is 11.3 Å². The van der Waals surface area contributed by atoms with Crippen molar-refractivity contribution in [3.05, 3.63) is 59.2 Å². The van der Waals surface area contributed by atoms with Crippen LogP contribution in [0.25, 0.3) is 0 Å². The monoisotopic (exact) mass is 364 g/mol. The van der Waals surface area contributed by atoms with E-state index in [0.29, 0.717) is 17.8 Å². The third-order valence-corrected chi connectivity index (χ3v) is 4.34. The number of carbonyl (C=O) groups excluding carboxylic acids is 2. The summed E-state index contributed by atoms with van der Waals surface area (Å²) >= 11 is 0. The first-order valence-electron chi connectivity index (χ1n) is 8.99. The highest BCUT2D eigenvalue weighted by molar-refractivity contribution is 6.13. The van der Waals surface area contributed by atoms with Crippen molar-refractivity contribution in [2.24, 2.45) is 4.99 Å². The maximum Gasteiger partial charge on any atom is 0.251 e. The summed E-state index contributed by atoms with van der Waals surface area (Å²) in [4.78, 5) is 30.9. The second-order valence-electron chi connectivity index (χ2n) is 6.81. The summed E-state index contributed by atoms with van der Waals surface area (Å²) in [7, 11) is 4.05. The molecule has 1 aliphatic heterocycles. The van der Waals surface area contributed by atoms with Gasteiger partial charge in [0.15, 0.2) is 0 Å². The minimum atomic E-state index is -0.454. The van der Waals surface area contributed by atoms with Gasteiger partial charge in [0.2, 0.25) is 5.91 Å². The van der Waals surface area contributed by atoms with Gasteiger partial charge in [0.05, 0.1) is 5.69 Å². The van der Waals surface area contributed by atoms with Crippen LogP contribution in [0.2, 0.25) is 0 Å². The molecule has 6 heteroatoms. The van der Waals surface area contributed by atoms with Gasteiger partial charge in [0, 0.05) is 30.6 Å². The van der Waals surface area contributed by atoms with Gasteiger partial charge in [-0.3, -0.25) is 14.6 Å². The zero-order valence-electron chi connectivity index (χ0n) is 15.8. The number of rotatable bonds is 6. The van der Waals surface area contributed by atoms with Gasteiger partial charge in [0.1, 0.15) is 5.92 Å². The summed E-state index contributed by atoms with van der Waals surface area (Å²) in [6.45, 7) is 3.30. The van der Waals surface area contributed by atoms with Crippen LogP contribution >= 0.6 is 0 Å². The molecule has 3 rings (SSSR count). The molecule has 1 aliphatic rings. The number of carbonyl (C=O) groups is 2.